The van der Waals surface area contributed by atoms with E-state index in [-0.39, 0.29) is 11.1 Å². The van der Waals surface area contributed by atoms with Gasteiger partial charge < -0.3 is 9.79 Å². The minimum Gasteiger partial charge on any atom is -0.303 e. The summed E-state index contributed by atoms with van der Waals surface area (Å²) in [6, 6.07) is 10.2. The normalized spacial score (nSPS) is 11.5. The lowest BCUT2D eigenvalue weighted by Gasteiger charge is -2.19. The average molecular weight is 354 g/mol. The highest BCUT2D eigenvalue weighted by atomic mass is 31.2. The molecule has 0 radical (unpaired) electrons. The number of nitro groups is 2. The molecule has 0 aromatic heterocycles. The van der Waals surface area contributed by atoms with E-state index in [2.05, 4.69) is 4.52 Å². The fourth-order valence-corrected chi connectivity index (χ4v) is 2.67. The Morgan fingerprint density at radius 2 is 1.25 bits per heavy atom. The molecule has 24 heavy (non-hydrogen) atoms. The molecule has 0 unspecified atom stereocenters. The number of benzene rings is 2. The third-order valence-electron chi connectivity index (χ3n) is 3.07. The Labute approximate surface area is 134 Å². The van der Waals surface area contributed by atoms with Gasteiger partial charge in [-0.2, -0.15) is 0 Å². The second-order valence-electron chi connectivity index (χ2n) is 4.61. The number of phosphoric acid groups is 1. The SMILES string of the molecule is O=[N+]([O-])c1ccccc1C(OP(=O)(O)O)c1ccccc1[N+](=O)[O-]. The molecule has 0 fully saturated rings. The van der Waals surface area contributed by atoms with Gasteiger partial charge in [0.15, 0.2) is 0 Å². The fraction of sp³-hybridized carbons (Fsp3) is 0.0769. The third-order valence-corrected chi connectivity index (χ3v) is 3.56. The van der Waals surface area contributed by atoms with Crippen molar-refractivity contribution in [2.45, 2.75) is 6.10 Å². The van der Waals surface area contributed by atoms with Crippen LogP contribution in [0.15, 0.2) is 48.5 Å². The smallest absolute Gasteiger partial charge is 0.303 e. The van der Waals surface area contributed by atoms with Crippen molar-refractivity contribution in [1.82, 2.24) is 0 Å². The Balaban J connectivity index is 2.70. The highest BCUT2D eigenvalue weighted by molar-refractivity contribution is 7.46. The lowest BCUT2D eigenvalue weighted by atomic mass is 9.98. The number of hydrogen-bond acceptors (Lipinski definition) is 6. The molecule has 10 nitrogen and oxygen atoms in total. The van der Waals surface area contributed by atoms with Gasteiger partial charge >= 0.3 is 7.82 Å². The summed E-state index contributed by atoms with van der Waals surface area (Å²) in [5.74, 6) is 0. The summed E-state index contributed by atoms with van der Waals surface area (Å²) in [7, 11) is -5.10. The van der Waals surface area contributed by atoms with Crippen molar-refractivity contribution in [2.24, 2.45) is 0 Å². The molecular weight excluding hydrogens is 343 g/mol. The van der Waals surface area contributed by atoms with Crippen LogP contribution >= 0.6 is 7.82 Å². The molecule has 0 aliphatic carbocycles. The van der Waals surface area contributed by atoms with E-state index in [1.807, 2.05) is 0 Å². The van der Waals surface area contributed by atoms with E-state index >= 15 is 0 Å². The maximum absolute atomic E-state index is 11.3. The largest absolute Gasteiger partial charge is 0.470 e. The van der Waals surface area contributed by atoms with E-state index < -0.39 is 35.1 Å². The van der Waals surface area contributed by atoms with Crippen LogP contribution in [0.4, 0.5) is 11.4 Å². The highest BCUT2D eigenvalue weighted by Gasteiger charge is 2.34. The Kier molecular flexibility index (Phi) is 5.05. The molecule has 0 aliphatic rings. The molecule has 0 aliphatic heterocycles. The standard InChI is InChI=1S/C13H11N2O8P/c16-14(17)11-7-3-1-5-9(11)13(23-24(20,21)22)10-6-2-4-8-12(10)15(18)19/h1-8,13H,(H2,20,21,22). The summed E-state index contributed by atoms with van der Waals surface area (Å²) in [6.45, 7) is 0. The van der Waals surface area contributed by atoms with Gasteiger partial charge in [-0.15, -0.1) is 0 Å². The zero-order valence-electron chi connectivity index (χ0n) is 11.9. The molecule has 2 aromatic carbocycles. The molecule has 0 heterocycles. The molecule has 2 aromatic rings. The van der Waals surface area contributed by atoms with Crippen LogP contribution in [0.5, 0.6) is 0 Å². The fourth-order valence-electron chi connectivity index (χ4n) is 2.17. The molecule has 0 spiro atoms. The monoisotopic (exact) mass is 354 g/mol. The molecule has 0 atom stereocenters. The van der Waals surface area contributed by atoms with Gasteiger partial charge in [-0.3, -0.25) is 24.8 Å². The average Bonchev–Trinajstić information content (AvgIpc) is 2.51. The molecule has 2 rings (SSSR count). The Bertz CT molecular complexity index is 777. The number of nitrogens with zero attached hydrogens (tertiary/aromatic N) is 2. The van der Waals surface area contributed by atoms with Gasteiger partial charge in [-0.05, 0) is 12.1 Å². The molecule has 0 saturated heterocycles. The molecular formula is C13H11N2O8P. The first-order chi connectivity index (χ1) is 11.2. The lowest BCUT2D eigenvalue weighted by molar-refractivity contribution is -0.387. The summed E-state index contributed by atoms with van der Waals surface area (Å²) in [5.41, 5.74) is -1.37. The molecule has 2 N–H and O–H groups in total. The quantitative estimate of drug-likeness (QED) is 0.456. The summed E-state index contributed by atoms with van der Waals surface area (Å²) in [4.78, 5) is 39.0. The Morgan fingerprint density at radius 3 is 1.58 bits per heavy atom. The zero-order valence-corrected chi connectivity index (χ0v) is 12.8. The van der Waals surface area contributed by atoms with Gasteiger partial charge in [0.05, 0.1) is 21.0 Å². The van der Waals surface area contributed by atoms with Crippen LogP contribution in [0.25, 0.3) is 0 Å². The van der Waals surface area contributed by atoms with Crippen LogP contribution in [0.2, 0.25) is 0 Å². The number of nitro benzene ring substituents is 2. The molecule has 0 amide bonds. The summed E-state index contributed by atoms with van der Waals surface area (Å²) < 4.78 is 15.9. The van der Waals surface area contributed by atoms with E-state index in [9.17, 15) is 24.8 Å². The van der Waals surface area contributed by atoms with Crippen molar-refractivity contribution in [3.63, 3.8) is 0 Å². The third kappa shape index (κ3) is 4.00. The van der Waals surface area contributed by atoms with Crippen molar-refractivity contribution in [2.75, 3.05) is 0 Å². The zero-order chi connectivity index (χ0) is 17.9. The van der Waals surface area contributed by atoms with Gasteiger partial charge in [0, 0.05) is 12.1 Å². The lowest BCUT2D eigenvalue weighted by Crippen LogP contribution is -2.10. The predicted molar refractivity (Wildman–Crippen MR) is 81.2 cm³/mol. The number of para-hydroxylation sites is 2. The minimum atomic E-state index is -5.10. The van der Waals surface area contributed by atoms with Gasteiger partial charge in [0.25, 0.3) is 11.4 Å². The summed E-state index contributed by atoms with van der Waals surface area (Å²) >= 11 is 0. The van der Waals surface area contributed by atoms with E-state index in [0.29, 0.717) is 0 Å². The van der Waals surface area contributed by atoms with Gasteiger partial charge in [-0.25, -0.2) is 4.57 Å². The van der Waals surface area contributed by atoms with Crippen LogP contribution in [0, 0.1) is 20.2 Å². The first kappa shape index (κ1) is 17.7. The first-order valence-corrected chi connectivity index (χ1v) is 7.94. The molecule has 11 heteroatoms. The van der Waals surface area contributed by atoms with Crippen LogP contribution in [0.3, 0.4) is 0 Å². The van der Waals surface area contributed by atoms with E-state index in [1.54, 1.807) is 0 Å². The van der Waals surface area contributed by atoms with Crippen LogP contribution < -0.4 is 0 Å². The van der Waals surface area contributed by atoms with Crippen molar-refractivity contribution >= 4 is 19.2 Å². The minimum absolute atomic E-state index is 0.208. The Morgan fingerprint density at radius 1 is 0.875 bits per heavy atom. The molecule has 126 valence electrons. The van der Waals surface area contributed by atoms with Crippen LogP contribution in [-0.2, 0) is 9.09 Å². The predicted octanol–water partition coefficient (Wildman–Crippen LogP) is 2.70. The van der Waals surface area contributed by atoms with Crippen LogP contribution in [0.1, 0.15) is 17.2 Å². The van der Waals surface area contributed by atoms with Crippen molar-refractivity contribution in [1.29, 1.82) is 0 Å². The number of phosphoric ester groups is 1. The molecule has 0 saturated carbocycles. The Hall–Kier alpha value is -2.65. The van der Waals surface area contributed by atoms with Crippen molar-refractivity contribution in [3.05, 3.63) is 79.9 Å². The maximum Gasteiger partial charge on any atom is 0.470 e. The van der Waals surface area contributed by atoms with Crippen molar-refractivity contribution < 1.29 is 28.7 Å². The van der Waals surface area contributed by atoms with Gasteiger partial charge in [-0.1, -0.05) is 24.3 Å². The van der Waals surface area contributed by atoms with Crippen LogP contribution in [-0.4, -0.2) is 19.6 Å². The maximum atomic E-state index is 11.3. The second-order valence-corrected chi connectivity index (χ2v) is 5.80. The van der Waals surface area contributed by atoms with Gasteiger partial charge in [0.1, 0.15) is 6.10 Å². The molecule has 0 bridgehead atoms. The van der Waals surface area contributed by atoms with E-state index in [1.165, 1.54) is 36.4 Å². The highest BCUT2D eigenvalue weighted by Crippen LogP contribution is 2.48. The van der Waals surface area contributed by atoms with Gasteiger partial charge in [0.2, 0.25) is 0 Å². The second kappa shape index (κ2) is 6.85. The topological polar surface area (TPSA) is 153 Å². The first-order valence-electron chi connectivity index (χ1n) is 6.41. The van der Waals surface area contributed by atoms with Crippen molar-refractivity contribution in [3.8, 4) is 0 Å². The summed E-state index contributed by atoms with van der Waals surface area (Å²) in [5, 5.41) is 22.3. The number of hydrogen-bond donors (Lipinski definition) is 2. The number of rotatable bonds is 6. The summed E-state index contributed by atoms with van der Waals surface area (Å²) in [6.07, 6.45) is -1.69. The van der Waals surface area contributed by atoms with E-state index in [4.69, 9.17) is 9.79 Å². The van der Waals surface area contributed by atoms with E-state index in [0.717, 1.165) is 12.1 Å².